The van der Waals surface area contributed by atoms with E-state index in [1.54, 1.807) is 0 Å². The highest BCUT2D eigenvalue weighted by Crippen LogP contribution is 2.46. The summed E-state index contributed by atoms with van der Waals surface area (Å²) >= 11 is 11.8. The van der Waals surface area contributed by atoms with Gasteiger partial charge >= 0.3 is 5.97 Å². The average Bonchev–Trinajstić information content (AvgIpc) is 2.47. The molecule has 0 aromatic heterocycles. The molecule has 0 amide bonds. The number of carbonyl (C=O) groups is 2. The molecule has 0 fully saturated rings. The third-order valence-electron chi connectivity index (χ3n) is 3.65. The number of carbonyl (C=O) groups excluding carboxylic acids is 1. The minimum Gasteiger partial charge on any atom is -0.550 e. The third kappa shape index (κ3) is 4.52. The molecule has 1 N–H and O–H groups in total. The molecular weight excluding hydrogens is 343 g/mol. The van der Waals surface area contributed by atoms with Crippen molar-refractivity contribution in [2.75, 3.05) is 6.61 Å². The molecule has 1 aromatic carbocycles. The summed E-state index contributed by atoms with van der Waals surface area (Å²) in [5.41, 5.74) is -1.45. The predicted octanol–water partition coefficient (Wildman–Crippen LogP) is 3.04. The van der Waals surface area contributed by atoms with E-state index in [2.05, 4.69) is 13.8 Å². The fourth-order valence-corrected chi connectivity index (χ4v) is 2.80. The molecular formula is C16H19Cl2O5-. The molecule has 1 atom stereocenters. The van der Waals surface area contributed by atoms with Crippen molar-refractivity contribution >= 4 is 35.1 Å². The van der Waals surface area contributed by atoms with Gasteiger partial charge in [0.15, 0.2) is 0 Å². The van der Waals surface area contributed by atoms with Gasteiger partial charge in [0.05, 0.1) is 11.6 Å². The Morgan fingerprint density at radius 3 is 2.39 bits per heavy atom. The van der Waals surface area contributed by atoms with Crippen LogP contribution in [0.2, 0.25) is 10.0 Å². The van der Waals surface area contributed by atoms with Crippen LogP contribution in [0.25, 0.3) is 0 Å². The Morgan fingerprint density at radius 2 is 1.91 bits per heavy atom. The number of halogens is 2. The lowest BCUT2D eigenvalue weighted by Gasteiger charge is -2.36. The monoisotopic (exact) mass is 361 g/mol. The van der Waals surface area contributed by atoms with Gasteiger partial charge < -0.3 is 19.7 Å². The summed E-state index contributed by atoms with van der Waals surface area (Å²) in [5, 5.41) is 20.7. The van der Waals surface area contributed by atoms with Crippen molar-refractivity contribution in [1.29, 1.82) is 0 Å². The summed E-state index contributed by atoms with van der Waals surface area (Å²) in [7, 11) is 0. The minimum atomic E-state index is -1.62. The SMILES string of the molecule is CCCC.O=C([O-])CC1(C(=O)O)CCOc2c(Cl)cc(Cl)cc21. The highest BCUT2D eigenvalue weighted by Gasteiger charge is 2.45. The average molecular weight is 362 g/mol. The van der Waals surface area contributed by atoms with Gasteiger partial charge in [0.1, 0.15) is 11.2 Å². The summed E-state index contributed by atoms with van der Waals surface area (Å²) in [5.74, 6) is -2.55. The first-order chi connectivity index (χ1) is 10.8. The number of aliphatic carboxylic acids is 2. The summed E-state index contributed by atoms with van der Waals surface area (Å²) in [4.78, 5) is 22.4. The summed E-state index contributed by atoms with van der Waals surface area (Å²) in [6.07, 6.45) is 2.00. The highest BCUT2D eigenvalue weighted by molar-refractivity contribution is 6.35. The molecule has 1 heterocycles. The summed E-state index contributed by atoms with van der Waals surface area (Å²) in [6, 6.07) is 2.79. The molecule has 0 radical (unpaired) electrons. The van der Waals surface area contributed by atoms with Gasteiger partial charge in [0, 0.05) is 29.4 Å². The largest absolute Gasteiger partial charge is 0.550 e. The first kappa shape index (κ1) is 19.6. The number of hydrogen-bond donors (Lipinski definition) is 1. The van der Waals surface area contributed by atoms with Gasteiger partial charge in [-0.2, -0.15) is 0 Å². The molecule has 0 saturated carbocycles. The smallest absolute Gasteiger partial charge is 0.314 e. The quantitative estimate of drug-likeness (QED) is 0.890. The molecule has 2 rings (SSSR count). The number of unbranched alkanes of at least 4 members (excludes halogenated alkanes) is 1. The lowest BCUT2D eigenvalue weighted by molar-refractivity contribution is -0.307. The van der Waals surface area contributed by atoms with Crippen LogP contribution in [0.5, 0.6) is 5.75 Å². The van der Waals surface area contributed by atoms with Crippen molar-refractivity contribution in [2.24, 2.45) is 0 Å². The normalized spacial score (nSPS) is 19.0. The van der Waals surface area contributed by atoms with Crippen LogP contribution in [0.1, 0.15) is 45.1 Å². The standard InChI is InChI=1S/C12H10Cl2O5.C4H10/c13-6-3-7-10(8(14)4-6)19-2-1-12(7,11(17)18)5-9(15)16;1-3-4-2/h3-4H,1-2,5H2,(H,15,16)(H,17,18);3-4H2,1-2H3/p-1. The first-order valence-corrected chi connectivity index (χ1v) is 8.09. The van der Waals surface area contributed by atoms with Gasteiger partial charge in [0.2, 0.25) is 0 Å². The molecule has 1 aliphatic heterocycles. The zero-order chi connectivity index (χ0) is 17.6. The second kappa shape index (κ2) is 8.41. The maximum atomic E-state index is 11.6. The van der Waals surface area contributed by atoms with Crippen LogP contribution in [0.15, 0.2) is 12.1 Å². The van der Waals surface area contributed by atoms with Crippen molar-refractivity contribution in [2.45, 2.75) is 44.9 Å². The van der Waals surface area contributed by atoms with Gasteiger partial charge in [-0.1, -0.05) is 49.9 Å². The molecule has 0 bridgehead atoms. The van der Waals surface area contributed by atoms with Crippen molar-refractivity contribution in [1.82, 2.24) is 0 Å². The number of fused-ring (bicyclic) bond motifs is 1. The number of carboxylic acid groups (broad SMARTS) is 2. The lowest BCUT2D eigenvalue weighted by Crippen LogP contribution is -2.45. The number of carboxylic acids is 2. The van der Waals surface area contributed by atoms with Crippen LogP contribution < -0.4 is 9.84 Å². The zero-order valence-electron chi connectivity index (χ0n) is 13.0. The molecule has 0 spiro atoms. The Bertz CT molecular complexity index is 586. The van der Waals surface area contributed by atoms with Crippen molar-refractivity contribution < 1.29 is 24.5 Å². The zero-order valence-corrected chi connectivity index (χ0v) is 14.5. The van der Waals surface area contributed by atoms with E-state index < -0.39 is 23.8 Å². The number of rotatable bonds is 4. The van der Waals surface area contributed by atoms with Crippen LogP contribution in [-0.4, -0.2) is 23.7 Å². The fourth-order valence-electron chi connectivity index (χ4n) is 2.25. The summed E-state index contributed by atoms with van der Waals surface area (Å²) in [6.45, 7) is 4.42. The maximum absolute atomic E-state index is 11.6. The molecule has 1 aromatic rings. The van der Waals surface area contributed by atoms with Crippen LogP contribution in [0.3, 0.4) is 0 Å². The van der Waals surface area contributed by atoms with E-state index in [9.17, 15) is 19.8 Å². The van der Waals surface area contributed by atoms with Gasteiger partial charge in [-0.05, 0) is 12.1 Å². The topological polar surface area (TPSA) is 86.7 Å². The van der Waals surface area contributed by atoms with Gasteiger partial charge in [-0.15, -0.1) is 0 Å². The number of ether oxygens (including phenoxy) is 1. The van der Waals surface area contributed by atoms with Gasteiger partial charge in [-0.3, -0.25) is 4.79 Å². The Kier molecular flexibility index (Phi) is 7.16. The molecule has 5 nitrogen and oxygen atoms in total. The molecule has 23 heavy (non-hydrogen) atoms. The van der Waals surface area contributed by atoms with E-state index in [1.165, 1.54) is 25.0 Å². The Balaban J connectivity index is 0.000000593. The molecule has 128 valence electrons. The van der Waals surface area contributed by atoms with E-state index in [4.69, 9.17) is 27.9 Å². The van der Waals surface area contributed by atoms with Crippen LogP contribution >= 0.6 is 23.2 Å². The first-order valence-electron chi connectivity index (χ1n) is 7.34. The number of benzene rings is 1. The second-order valence-electron chi connectivity index (χ2n) is 5.30. The minimum absolute atomic E-state index is 0.0139. The highest BCUT2D eigenvalue weighted by atomic mass is 35.5. The molecule has 1 unspecified atom stereocenters. The van der Waals surface area contributed by atoms with E-state index in [1.807, 2.05) is 0 Å². The number of hydrogen-bond acceptors (Lipinski definition) is 4. The van der Waals surface area contributed by atoms with Gasteiger partial charge in [0.25, 0.3) is 0 Å². The summed E-state index contributed by atoms with van der Waals surface area (Å²) < 4.78 is 5.33. The Hall–Kier alpha value is -1.46. The van der Waals surface area contributed by atoms with Crippen molar-refractivity contribution in [3.05, 3.63) is 27.7 Å². The van der Waals surface area contributed by atoms with Crippen LogP contribution in [0.4, 0.5) is 0 Å². The molecule has 0 aliphatic carbocycles. The third-order valence-corrected chi connectivity index (χ3v) is 4.15. The van der Waals surface area contributed by atoms with Crippen molar-refractivity contribution in [3.63, 3.8) is 0 Å². The van der Waals surface area contributed by atoms with Crippen LogP contribution in [-0.2, 0) is 15.0 Å². The molecule has 0 saturated heterocycles. The molecule has 7 heteroatoms. The maximum Gasteiger partial charge on any atom is 0.314 e. The predicted molar refractivity (Wildman–Crippen MR) is 86.1 cm³/mol. The Morgan fingerprint density at radius 1 is 1.30 bits per heavy atom. The van der Waals surface area contributed by atoms with E-state index in [0.717, 1.165) is 0 Å². The van der Waals surface area contributed by atoms with Crippen LogP contribution in [0, 0.1) is 0 Å². The van der Waals surface area contributed by atoms with E-state index in [-0.39, 0.29) is 34.4 Å². The lowest BCUT2D eigenvalue weighted by atomic mass is 9.73. The second-order valence-corrected chi connectivity index (χ2v) is 6.14. The Labute approximate surface area is 145 Å². The van der Waals surface area contributed by atoms with E-state index >= 15 is 0 Å². The van der Waals surface area contributed by atoms with E-state index in [0.29, 0.717) is 0 Å². The fraction of sp³-hybridized carbons (Fsp3) is 0.500. The van der Waals surface area contributed by atoms with Gasteiger partial charge in [-0.25, -0.2) is 0 Å². The molecule has 1 aliphatic rings. The van der Waals surface area contributed by atoms with Crippen molar-refractivity contribution in [3.8, 4) is 5.75 Å².